The van der Waals surface area contributed by atoms with Gasteiger partial charge in [0.15, 0.2) is 0 Å². The molecule has 230 valence electrons. The van der Waals surface area contributed by atoms with Crippen LogP contribution in [0.5, 0.6) is 5.75 Å². The summed E-state index contributed by atoms with van der Waals surface area (Å²) in [6.07, 6.45) is -6.48. The topological polar surface area (TPSA) is 119 Å². The lowest BCUT2D eigenvalue weighted by Gasteiger charge is -2.24. The smallest absolute Gasteiger partial charge is 0.406 e. The number of benzene rings is 3. The fourth-order valence-corrected chi connectivity index (χ4v) is 5.81. The van der Waals surface area contributed by atoms with Gasteiger partial charge in [-0.05, 0) is 34.9 Å². The number of hydrogen-bond acceptors (Lipinski definition) is 5. The molecule has 8 nitrogen and oxygen atoms in total. The molecule has 2 amide bonds. The summed E-state index contributed by atoms with van der Waals surface area (Å²) >= 11 is 0. The maximum absolute atomic E-state index is 14.4. The average Bonchev–Trinajstić information content (AvgIpc) is 3.26. The molecule has 0 unspecified atom stereocenters. The van der Waals surface area contributed by atoms with E-state index >= 15 is 0 Å². The molecule has 0 spiro atoms. The first-order valence-corrected chi connectivity index (χ1v) is 14.5. The summed E-state index contributed by atoms with van der Waals surface area (Å²) in [6.45, 7) is -0.108. The summed E-state index contributed by atoms with van der Waals surface area (Å²) in [5.41, 5.74) is 2.00. The van der Waals surface area contributed by atoms with Crippen LogP contribution in [-0.4, -0.2) is 44.5 Å². The highest BCUT2D eigenvalue weighted by molar-refractivity contribution is 7.89. The predicted molar refractivity (Wildman–Crippen MR) is 146 cm³/mol. The van der Waals surface area contributed by atoms with Gasteiger partial charge in [0, 0.05) is 38.5 Å². The molecule has 1 saturated carbocycles. The van der Waals surface area contributed by atoms with Crippen LogP contribution in [0.1, 0.15) is 24.0 Å². The minimum atomic E-state index is -4.86. The Morgan fingerprint density at radius 3 is 2.14 bits per heavy atom. The van der Waals surface area contributed by atoms with Crippen LogP contribution in [0.25, 0.3) is 11.1 Å². The minimum absolute atomic E-state index is 0.0404. The average molecular weight is 626 g/mol. The van der Waals surface area contributed by atoms with Gasteiger partial charge in [0.1, 0.15) is 5.75 Å². The van der Waals surface area contributed by atoms with Gasteiger partial charge in [-0.3, -0.25) is 9.59 Å². The molecule has 0 aliphatic heterocycles. The number of carbonyl (C=O) groups is 2. The van der Waals surface area contributed by atoms with Crippen molar-refractivity contribution in [1.29, 1.82) is 0 Å². The van der Waals surface area contributed by atoms with Crippen molar-refractivity contribution in [2.24, 2.45) is 17.0 Å². The van der Waals surface area contributed by atoms with Crippen molar-refractivity contribution in [1.82, 2.24) is 10.2 Å². The molecule has 3 aromatic rings. The zero-order valence-corrected chi connectivity index (χ0v) is 23.6. The van der Waals surface area contributed by atoms with Gasteiger partial charge in [0.2, 0.25) is 27.8 Å². The summed E-state index contributed by atoms with van der Waals surface area (Å²) < 4.78 is 93.5. The number of halogens is 5. The molecular weight excluding hydrogens is 597 g/mol. The normalized spacial score (nSPS) is 18.2. The van der Waals surface area contributed by atoms with Gasteiger partial charge in [-0.25, -0.2) is 22.3 Å². The fourth-order valence-electron chi connectivity index (χ4n) is 5.05. The van der Waals surface area contributed by atoms with Crippen molar-refractivity contribution in [2.75, 3.05) is 7.05 Å². The third-order valence-corrected chi connectivity index (χ3v) is 8.02. The van der Waals surface area contributed by atoms with Crippen molar-refractivity contribution in [3.8, 4) is 16.9 Å². The second kappa shape index (κ2) is 12.3. The third-order valence-electron chi connectivity index (χ3n) is 7.05. The maximum Gasteiger partial charge on any atom is 0.573 e. The Bertz CT molecular complexity index is 1580. The van der Waals surface area contributed by atoms with Crippen molar-refractivity contribution in [2.45, 2.75) is 43.1 Å². The van der Waals surface area contributed by atoms with E-state index in [0.717, 1.165) is 12.1 Å². The van der Waals surface area contributed by atoms with Gasteiger partial charge in [-0.2, -0.15) is 0 Å². The van der Waals surface area contributed by atoms with E-state index in [-0.39, 0.29) is 18.0 Å². The van der Waals surface area contributed by atoms with Gasteiger partial charge in [0.25, 0.3) is 0 Å². The number of primary sulfonamides is 1. The molecule has 1 aliphatic carbocycles. The van der Waals surface area contributed by atoms with Crippen LogP contribution in [-0.2, 0) is 32.7 Å². The van der Waals surface area contributed by atoms with E-state index in [9.17, 15) is 40.0 Å². The number of nitrogens with zero attached hydrogens (tertiary/aromatic N) is 1. The molecule has 3 aromatic carbocycles. The van der Waals surface area contributed by atoms with E-state index in [0.29, 0.717) is 22.3 Å². The van der Waals surface area contributed by atoms with E-state index in [1.807, 2.05) is 0 Å². The third kappa shape index (κ3) is 8.29. The number of rotatable bonds is 9. The van der Waals surface area contributed by atoms with Crippen molar-refractivity contribution >= 4 is 21.8 Å². The Morgan fingerprint density at radius 1 is 0.953 bits per heavy atom. The van der Waals surface area contributed by atoms with Crippen LogP contribution < -0.4 is 15.2 Å². The second-order valence-electron chi connectivity index (χ2n) is 10.3. The quantitative estimate of drug-likeness (QED) is 0.330. The Kier molecular flexibility index (Phi) is 9.11. The summed E-state index contributed by atoms with van der Waals surface area (Å²) in [6, 6.07) is 17.5. The number of alkyl halides is 5. The fraction of sp³-hybridized carbons (Fsp3) is 0.310. The first-order chi connectivity index (χ1) is 20.0. The van der Waals surface area contributed by atoms with Crippen LogP contribution in [0, 0.1) is 11.8 Å². The summed E-state index contributed by atoms with van der Waals surface area (Å²) in [5, 5.41) is 7.81. The van der Waals surface area contributed by atoms with Crippen LogP contribution in [0.15, 0.2) is 77.7 Å². The standard InChI is InChI=1S/C29H28F5N3O5S/c1-37(17-19-6-10-20(11-7-19)22-4-2-3-5-25(22)43(35,40)41)27(39)24-15-28(30,31)14-23(24)26(38)36-16-18-8-12-21(13-9-18)42-29(32,33)34/h2-13,23-24H,14-17H2,1H3,(H,36,38)(H2,35,40,41)/t23-,24-/m1/s1. The molecule has 0 radical (unpaired) electrons. The molecule has 14 heteroatoms. The van der Waals surface area contributed by atoms with Crippen LogP contribution in [0.3, 0.4) is 0 Å². The molecule has 0 heterocycles. The summed E-state index contributed by atoms with van der Waals surface area (Å²) in [7, 11) is -2.54. The summed E-state index contributed by atoms with van der Waals surface area (Å²) in [4.78, 5) is 27.3. The van der Waals surface area contributed by atoms with Crippen LogP contribution in [0.2, 0.25) is 0 Å². The van der Waals surface area contributed by atoms with Gasteiger partial charge in [-0.1, -0.05) is 54.6 Å². The van der Waals surface area contributed by atoms with E-state index in [1.165, 1.54) is 30.1 Å². The monoisotopic (exact) mass is 625 g/mol. The molecular formula is C29H28F5N3O5S. The number of nitrogens with two attached hydrogens (primary N) is 1. The molecule has 43 heavy (non-hydrogen) atoms. The molecule has 1 aliphatic rings. The number of ether oxygens (including phenoxy) is 1. The zero-order chi connectivity index (χ0) is 31.6. The number of hydrogen-bond donors (Lipinski definition) is 2. The molecule has 3 N–H and O–H groups in total. The van der Waals surface area contributed by atoms with Crippen LogP contribution in [0.4, 0.5) is 22.0 Å². The Hall–Kier alpha value is -4.04. The second-order valence-corrected chi connectivity index (χ2v) is 11.8. The SMILES string of the molecule is CN(Cc1ccc(-c2ccccc2S(N)(=O)=O)cc1)C(=O)[C@@H]1CC(F)(F)C[C@H]1C(=O)NCc1ccc(OC(F)(F)F)cc1. The lowest BCUT2D eigenvalue weighted by Crippen LogP contribution is -2.40. The number of carbonyl (C=O) groups excluding carboxylic acids is 2. The van der Waals surface area contributed by atoms with Gasteiger partial charge in [-0.15, -0.1) is 13.2 Å². The largest absolute Gasteiger partial charge is 0.573 e. The number of nitrogens with one attached hydrogen (secondary N) is 1. The number of amides is 2. The molecule has 0 saturated heterocycles. The zero-order valence-electron chi connectivity index (χ0n) is 22.8. The van der Waals surface area contributed by atoms with E-state index in [1.54, 1.807) is 42.5 Å². The predicted octanol–water partition coefficient (Wildman–Crippen LogP) is 4.84. The van der Waals surface area contributed by atoms with Gasteiger partial charge >= 0.3 is 6.36 Å². The van der Waals surface area contributed by atoms with E-state index in [2.05, 4.69) is 10.1 Å². The highest BCUT2D eigenvalue weighted by Gasteiger charge is 2.52. The lowest BCUT2D eigenvalue weighted by molar-refractivity contribution is -0.274. The van der Waals surface area contributed by atoms with Crippen molar-refractivity contribution in [3.63, 3.8) is 0 Å². The van der Waals surface area contributed by atoms with E-state index < -0.39 is 64.5 Å². The Balaban J connectivity index is 1.40. The molecule has 0 bridgehead atoms. The van der Waals surface area contributed by atoms with Crippen LogP contribution >= 0.6 is 0 Å². The number of sulfonamides is 1. The summed E-state index contributed by atoms with van der Waals surface area (Å²) in [5.74, 6) is -7.70. The lowest BCUT2D eigenvalue weighted by atomic mass is 9.93. The Morgan fingerprint density at radius 2 is 1.53 bits per heavy atom. The first-order valence-electron chi connectivity index (χ1n) is 13.0. The molecule has 2 atom stereocenters. The Labute approximate surface area is 244 Å². The van der Waals surface area contributed by atoms with Gasteiger partial charge < -0.3 is 15.0 Å². The molecule has 1 fully saturated rings. The van der Waals surface area contributed by atoms with E-state index in [4.69, 9.17) is 5.14 Å². The highest BCUT2D eigenvalue weighted by atomic mass is 32.2. The van der Waals surface area contributed by atoms with Gasteiger partial charge in [0.05, 0.1) is 16.7 Å². The first kappa shape index (κ1) is 31.9. The molecule has 4 rings (SSSR count). The maximum atomic E-state index is 14.4. The van der Waals surface area contributed by atoms with Crippen molar-refractivity contribution < 1.29 is 44.7 Å². The molecule has 0 aromatic heterocycles. The minimum Gasteiger partial charge on any atom is -0.406 e. The highest BCUT2D eigenvalue weighted by Crippen LogP contribution is 2.44. The van der Waals surface area contributed by atoms with Crippen molar-refractivity contribution in [3.05, 3.63) is 83.9 Å².